The van der Waals surface area contributed by atoms with Crippen molar-refractivity contribution >= 4 is 17.1 Å². The van der Waals surface area contributed by atoms with Gasteiger partial charge in [-0.3, -0.25) is 4.98 Å². The van der Waals surface area contributed by atoms with E-state index in [1.165, 1.54) is 24.4 Å². The van der Waals surface area contributed by atoms with Crippen molar-refractivity contribution in [1.82, 2.24) is 4.98 Å². The first-order valence-corrected chi connectivity index (χ1v) is 13.0. The predicted octanol–water partition coefficient (Wildman–Crippen LogP) is 8.53. The summed E-state index contributed by atoms with van der Waals surface area (Å²) in [7, 11) is 0. The molecule has 1 aromatic heterocycles. The van der Waals surface area contributed by atoms with Gasteiger partial charge in [0.05, 0.1) is 23.4 Å². The number of esters is 1. The first-order chi connectivity index (χ1) is 19.7. The molecule has 8 heteroatoms. The van der Waals surface area contributed by atoms with Crippen molar-refractivity contribution in [3.63, 3.8) is 0 Å². The minimum absolute atomic E-state index is 0.0617. The number of ether oxygens (including phenoxy) is 2. The highest BCUT2D eigenvalue weighted by molar-refractivity contribution is 6.01. The van der Waals surface area contributed by atoms with E-state index in [1.807, 2.05) is 18.2 Å². The molecule has 0 amide bonds. The van der Waals surface area contributed by atoms with E-state index in [2.05, 4.69) is 4.98 Å². The quantitative estimate of drug-likeness (QED) is 0.160. The van der Waals surface area contributed by atoms with Crippen molar-refractivity contribution in [3.8, 4) is 16.9 Å². The lowest BCUT2D eigenvalue weighted by Crippen LogP contribution is -2.06. The van der Waals surface area contributed by atoms with Gasteiger partial charge in [0.25, 0.3) is 0 Å². The molecule has 5 rings (SSSR count). The zero-order chi connectivity index (χ0) is 29.0. The maximum absolute atomic E-state index is 13.6. The van der Waals surface area contributed by atoms with Gasteiger partial charge in [0, 0.05) is 17.3 Å². The monoisotopic (exact) mass is 559 g/mol. The van der Waals surface area contributed by atoms with Crippen molar-refractivity contribution in [2.45, 2.75) is 26.1 Å². The molecule has 1 aliphatic carbocycles. The molecule has 0 saturated carbocycles. The maximum atomic E-state index is 13.6. The largest absolute Gasteiger partial charge is 0.488 e. The number of carbonyl (C=O) groups excluding carboxylic acids is 1. The van der Waals surface area contributed by atoms with Crippen LogP contribution < -0.4 is 4.74 Å². The van der Waals surface area contributed by atoms with Crippen LogP contribution in [0.25, 0.3) is 22.3 Å². The molecule has 0 atom stereocenters. The third-order valence-corrected chi connectivity index (χ3v) is 6.61. The Morgan fingerprint density at radius 2 is 1.71 bits per heavy atom. The summed E-state index contributed by atoms with van der Waals surface area (Å²) in [5.41, 5.74) is 3.89. The highest BCUT2D eigenvalue weighted by atomic mass is 19.4. The number of rotatable bonds is 8. The summed E-state index contributed by atoms with van der Waals surface area (Å²) < 4.78 is 65.6. The molecular weight excluding hydrogens is 534 g/mol. The molecule has 208 valence electrons. The number of hydrogen-bond donors (Lipinski definition) is 0. The van der Waals surface area contributed by atoms with Gasteiger partial charge in [0.2, 0.25) is 0 Å². The summed E-state index contributed by atoms with van der Waals surface area (Å²) in [6, 6.07) is 19.4. The van der Waals surface area contributed by atoms with Crippen LogP contribution in [-0.2, 0) is 17.5 Å². The lowest BCUT2D eigenvalue weighted by molar-refractivity contribution is -0.137. The Hall–Kier alpha value is -4.72. The molecule has 0 spiro atoms. The molecule has 4 aromatic rings. The van der Waals surface area contributed by atoms with E-state index in [9.17, 15) is 22.4 Å². The molecule has 4 nitrogen and oxygen atoms in total. The van der Waals surface area contributed by atoms with Crippen LogP contribution in [0.2, 0.25) is 0 Å². The topological polar surface area (TPSA) is 48.4 Å². The molecule has 0 radical (unpaired) electrons. The Morgan fingerprint density at radius 1 is 0.951 bits per heavy atom. The Balaban J connectivity index is 1.64. The minimum atomic E-state index is -4.51. The zero-order valence-electron chi connectivity index (χ0n) is 22.0. The molecule has 0 fully saturated rings. The molecule has 0 N–H and O–H groups in total. The van der Waals surface area contributed by atoms with Gasteiger partial charge in [-0.15, -0.1) is 0 Å². The number of alkyl halides is 3. The third kappa shape index (κ3) is 6.22. The van der Waals surface area contributed by atoms with E-state index in [0.29, 0.717) is 45.7 Å². The summed E-state index contributed by atoms with van der Waals surface area (Å²) in [6.07, 6.45) is 1.41. The Kier molecular flexibility index (Phi) is 8.01. The second-order valence-corrected chi connectivity index (χ2v) is 9.32. The van der Waals surface area contributed by atoms with Gasteiger partial charge >= 0.3 is 12.1 Å². The van der Waals surface area contributed by atoms with Crippen LogP contribution >= 0.6 is 0 Å². The molecule has 3 aromatic carbocycles. The van der Waals surface area contributed by atoms with Crippen LogP contribution in [-0.4, -0.2) is 17.6 Å². The fourth-order valence-corrected chi connectivity index (χ4v) is 4.67. The van der Waals surface area contributed by atoms with E-state index < -0.39 is 17.7 Å². The number of hydrogen-bond acceptors (Lipinski definition) is 4. The van der Waals surface area contributed by atoms with Gasteiger partial charge in [-0.1, -0.05) is 54.6 Å². The van der Waals surface area contributed by atoms with E-state index >= 15 is 0 Å². The first kappa shape index (κ1) is 27.8. The van der Waals surface area contributed by atoms with Crippen LogP contribution in [0, 0.1) is 5.82 Å². The zero-order valence-corrected chi connectivity index (χ0v) is 22.0. The molecule has 0 saturated heterocycles. The van der Waals surface area contributed by atoms with Gasteiger partial charge in [0.1, 0.15) is 18.2 Å². The van der Waals surface area contributed by atoms with E-state index in [1.54, 1.807) is 49.4 Å². The van der Waals surface area contributed by atoms with Crippen LogP contribution in [0.4, 0.5) is 17.6 Å². The Labute approximate surface area is 234 Å². The number of allylic oxidation sites excluding steroid dienone is 4. The highest BCUT2D eigenvalue weighted by Crippen LogP contribution is 2.44. The van der Waals surface area contributed by atoms with Crippen molar-refractivity contribution < 1.29 is 31.8 Å². The van der Waals surface area contributed by atoms with Gasteiger partial charge in [0.15, 0.2) is 0 Å². The maximum Gasteiger partial charge on any atom is 0.416 e. The predicted molar refractivity (Wildman–Crippen MR) is 148 cm³/mol. The summed E-state index contributed by atoms with van der Waals surface area (Å²) in [6.45, 7) is 2.03. The van der Waals surface area contributed by atoms with Gasteiger partial charge in [-0.05, 0) is 72.0 Å². The van der Waals surface area contributed by atoms with Crippen LogP contribution in [0.15, 0.2) is 97.2 Å². The number of aromatic nitrogens is 1. The summed E-state index contributed by atoms with van der Waals surface area (Å²) in [5, 5.41) is 0. The number of benzene rings is 3. The molecule has 41 heavy (non-hydrogen) atoms. The lowest BCUT2D eigenvalue weighted by Gasteiger charge is -2.19. The van der Waals surface area contributed by atoms with Crippen molar-refractivity contribution in [1.29, 1.82) is 0 Å². The van der Waals surface area contributed by atoms with Gasteiger partial charge < -0.3 is 9.47 Å². The minimum Gasteiger partial charge on any atom is -0.488 e. The van der Waals surface area contributed by atoms with Crippen LogP contribution in [0.3, 0.4) is 0 Å². The number of nitrogens with zero attached hydrogens (tertiary/aromatic N) is 1. The van der Waals surface area contributed by atoms with Crippen LogP contribution in [0.5, 0.6) is 5.75 Å². The lowest BCUT2D eigenvalue weighted by atomic mass is 9.93. The summed E-state index contributed by atoms with van der Waals surface area (Å²) in [5.74, 6) is -0.474. The number of carbonyl (C=O) groups is 1. The van der Waals surface area contributed by atoms with Gasteiger partial charge in [-0.25, -0.2) is 9.18 Å². The molecule has 0 aliphatic heterocycles. The number of pyridine rings is 1. The van der Waals surface area contributed by atoms with Crippen molar-refractivity contribution in [2.75, 3.05) is 6.61 Å². The third-order valence-electron chi connectivity index (χ3n) is 6.61. The number of halogens is 4. The summed E-state index contributed by atoms with van der Waals surface area (Å²) >= 11 is 0. The van der Waals surface area contributed by atoms with E-state index in [4.69, 9.17) is 9.47 Å². The Bertz CT molecular complexity index is 1640. The molecule has 1 aliphatic rings. The number of para-hydroxylation sites is 1. The van der Waals surface area contributed by atoms with E-state index in [-0.39, 0.29) is 19.0 Å². The SMILES string of the molecule is CCOC(=O)c1ccnc(C2=C(c3cccc(-c4cccc(C(F)(F)F)c4)c3OCc3ccc(F)cc3)C=CC2)c1. The second kappa shape index (κ2) is 11.8. The van der Waals surface area contributed by atoms with Crippen molar-refractivity contribution in [2.24, 2.45) is 0 Å². The molecule has 0 bridgehead atoms. The summed E-state index contributed by atoms with van der Waals surface area (Å²) in [4.78, 5) is 16.8. The average Bonchev–Trinajstić information content (AvgIpc) is 3.46. The molecule has 1 heterocycles. The fraction of sp³-hybridized carbons (Fsp3) is 0.152. The first-order valence-electron chi connectivity index (χ1n) is 13.0. The van der Waals surface area contributed by atoms with Crippen LogP contribution in [0.1, 0.15) is 46.1 Å². The van der Waals surface area contributed by atoms with E-state index in [0.717, 1.165) is 23.3 Å². The highest BCUT2D eigenvalue weighted by Gasteiger charge is 2.31. The van der Waals surface area contributed by atoms with Crippen molar-refractivity contribution in [3.05, 3.63) is 131 Å². The second-order valence-electron chi connectivity index (χ2n) is 9.32. The normalized spacial score (nSPS) is 13.0. The molecular formula is C33H25F4NO3. The standard InChI is InChI=1S/C33H25F4NO3/c1-2-40-32(39)23-16-17-38-30(19-23)28-10-5-9-27(28)29-11-4-8-26(22-6-3-7-24(18-22)33(35,36)37)31(29)41-20-21-12-14-25(34)15-13-21/h3-9,11-19H,2,10,20H2,1H3. The Morgan fingerprint density at radius 3 is 2.46 bits per heavy atom. The van der Waals surface area contributed by atoms with Gasteiger partial charge in [-0.2, -0.15) is 13.2 Å². The molecule has 0 unspecified atom stereocenters. The average molecular weight is 560 g/mol. The fourth-order valence-electron chi connectivity index (χ4n) is 4.67. The smallest absolute Gasteiger partial charge is 0.416 e.